The molecule has 43 heavy (non-hydrogen) atoms. The van der Waals surface area contributed by atoms with Crippen LogP contribution in [0.5, 0.6) is 0 Å². The number of anilines is 1. The fourth-order valence-corrected chi connectivity index (χ4v) is 9.27. The highest BCUT2D eigenvalue weighted by Crippen LogP contribution is 2.64. The fourth-order valence-electron chi connectivity index (χ4n) is 7.25. The maximum absolute atomic E-state index is 13.2. The number of aliphatic carboxylic acids is 1. The summed E-state index contributed by atoms with van der Waals surface area (Å²) in [5, 5.41) is 16.3. The van der Waals surface area contributed by atoms with E-state index in [-0.39, 0.29) is 23.9 Å². The number of carboxylic acids is 1. The number of carboxylic acid groups (broad SMARTS) is 1. The van der Waals surface area contributed by atoms with Gasteiger partial charge in [-0.05, 0) is 72.3 Å². The summed E-state index contributed by atoms with van der Waals surface area (Å²) in [6.07, 6.45) is 3.65. The van der Waals surface area contributed by atoms with Crippen molar-refractivity contribution >= 4 is 39.0 Å². The van der Waals surface area contributed by atoms with Crippen LogP contribution in [-0.4, -0.2) is 66.8 Å². The van der Waals surface area contributed by atoms with Crippen LogP contribution < -0.4 is 15.4 Å². The molecule has 4 aliphatic carbocycles. The van der Waals surface area contributed by atoms with Crippen LogP contribution in [0.4, 0.5) is 5.69 Å². The average molecular weight is 608 g/mol. The van der Waals surface area contributed by atoms with E-state index in [2.05, 4.69) is 15.4 Å². The van der Waals surface area contributed by atoms with E-state index in [1.165, 1.54) is 0 Å². The van der Waals surface area contributed by atoms with Gasteiger partial charge >= 0.3 is 5.97 Å². The van der Waals surface area contributed by atoms with Gasteiger partial charge in [0.15, 0.2) is 0 Å². The van der Waals surface area contributed by atoms with E-state index in [1.54, 1.807) is 12.1 Å². The van der Waals surface area contributed by atoms with Crippen LogP contribution >= 0.6 is 0 Å². The topological polar surface area (TPSA) is 159 Å². The molecular formula is C32H37N3O7S. The van der Waals surface area contributed by atoms with Gasteiger partial charge in [0.2, 0.25) is 21.6 Å². The van der Waals surface area contributed by atoms with E-state index in [9.17, 15) is 32.7 Å². The van der Waals surface area contributed by atoms with Crippen LogP contribution in [0.25, 0.3) is 11.1 Å². The summed E-state index contributed by atoms with van der Waals surface area (Å²) in [5.74, 6) is -2.38. The largest absolute Gasteiger partial charge is 0.480 e. The number of carbonyl (C=O) groups is 4. The van der Waals surface area contributed by atoms with E-state index >= 15 is 0 Å². The number of nitrogens with one attached hydrogen (secondary N) is 3. The smallest absolute Gasteiger partial charge is 0.322 e. The molecule has 3 unspecified atom stereocenters. The van der Waals surface area contributed by atoms with Gasteiger partial charge < -0.3 is 15.7 Å². The number of benzene rings is 2. The molecule has 0 aromatic heterocycles. The lowest BCUT2D eigenvalue weighted by Crippen LogP contribution is -2.67. The van der Waals surface area contributed by atoms with Gasteiger partial charge in [-0.15, -0.1) is 0 Å². The molecule has 5 atom stereocenters. The van der Waals surface area contributed by atoms with Gasteiger partial charge in [-0.3, -0.25) is 19.2 Å². The Bertz CT molecular complexity index is 1600. The highest BCUT2D eigenvalue weighted by atomic mass is 32.2. The van der Waals surface area contributed by atoms with E-state index in [1.807, 2.05) is 50.2 Å². The summed E-state index contributed by atoms with van der Waals surface area (Å²) in [4.78, 5) is 49.2. The fraction of sp³-hybridized carbons (Fsp3) is 0.500. The molecule has 0 aliphatic heterocycles. The van der Waals surface area contributed by atoms with Gasteiger partial charge in [0.05, 0.1) is 5.75 Å². The van der Waals surface area contributed by atoms with Crippen molar-refractivity contribution in [3.05, 3.63) is 54.1 Å². The molecule has 0 saturated heterocycles. The number of fused-ring (bicyclic) bond motifs is 2. The summed E-state index contributed by atoms with van der Waals surface area (Å²) in [6, 6.07) is 12.4. The molecule has 6 rings (SSSR count). The lowest BCUT2D eigenvalue weighted by Gasteiger charge is -2.36. The van der Waals surface area contributed by atoms with Gasteiger partial charge in [0.25, 0.3) is 0 Å². The van der Waals surface area contributed by atoms with Crippen molar-refractivity contribution in [3.63, 3.8) is 0 Å². The van der Waals surface area contributed by atoms with E-state index < -0.39 is 56.5 Å². The van der Waals surface area contributed by atoms with E-state index in [4.69, 9.17) is 0 Å². The Balaban J connectivity index is 1.11. The second-order valence-electron chi connectivity index (χ2n) is 13.2. The molecule has 2 aromatic rings. The van der Waals surface area contributed by atoms with Crippen molar-refractivity contribution in [2.24, 2.45) is 16.7 Å². The van der Waals surface area contributed by atoms with Crippen molar-refractivity contribution in [2.75, 3.05) is 11.1 Å². The lowest BCUT2D eigenvalue weighted by molar-refractivity contribution is -0.145. The van der Waals surface area contributed by atoms with Crippen molar-refractivity contribution < 1.29 is 32.7 Å². The Morgan fingerprint density at radius 1 is 0.977 bits per heavy atom. The molecule has 11 heteroatoms. The molecule has 0 amide bonds. The van der Waals surface area contributed by atoms with Crippen molar-refractivity contribution in [3.8, 4) is 11.1 Å². The van der Waals surface area contributed by atoms with Gasteiger partial charge in [0, 0.05) is 23.6 Å². The van der Waals surface area contributed by atoms with Crippen LogP contribution in [0.1, 0.15) is 51.5 Å². The van der Waals surface area contributed by atoms with Crippen molar-refractivity contribution in [1.29, 1.82) is 0 Å². The van der Waals surface area contributed by atoms with E-state index in [0.29, 0.717) is 30.1 Å². The second-order valence-corrected chi connectivity index (χ2v) is 14.9. The minimum absolute atomic E-state index is 0.0385. The Labute approximate surface area is 251 Å². The number of hydrogen-bond acceptors (Lipinski definition) is 8. The predicted octanol–water partition coefficient (Wildman–Crippen LogP) is 2.72. The summed E-state index contributed by atoms with van der Waals surface area (Å²) >= 11 is 0. The number of Topliss-reactive ketones (excluding diaryl/α,β-unsaturated/α-hetero) is 3. The Hall–Kier alpha value is -3.41. The molecule has 4 saturated carbocycles. The summed E-state index contributed by atoms with van der Waals surface area (Å²) in [5.41, 5.74) is 1.62. The molecule has 0 radical (unpaired) electrons. The second kappa shape index (κ2) is 10.6. The molecule has 0 spiro atoms. The van der Waals surface area contributed by atoms with Crippen LogP contribution in [-0.2, 0) is 35.6 Å². The third-order valence-electron chi connectivity index (χ3n) is 10.2. The van der Waals surface area contributed by atoms with Crippen LogP contribution in [0.3, 0.4) is 0 Å². The first kappa shape index (κ1) is 29.7. The molecule has 4 fully saturated rings. The highest BCUT2D eigenvalue weighted by Gasteiger charge is 2.65. The Kier molecular flexibility index (Phi) is 7.34. The summed E-state index contributed by atoms with van der Waals surface area (Å²) < 4.78 is 28.8. The van der Waals surface area contributed by atoms with Gasteiger partial charge in [0.1, 0.15) is 23.9 Å². The van der Waals surface area contributed by atoms with Crippen LogP contribution in [0.2, 0.25) is 0 Å². The summed E-state index contributed by atoms with van der Waals surface area (Å²) in [7, 11) is -4.06. The van der Waals surface area contributed by atoms with Crippen molar-refractivity contribution in [1.82, 2.24) is 10.0 Å². The number of sulfonamides is 1. The summed E-state index contributed by atoms with van der Waals surface area (Å²) in [6.45, 7) is 3.90. The molecule has 228 valence electrons. The first-order valence-corrected chi connectivity index (χ1v) is 16.5. The van der Waals surface area contributed by atoms with Crippen LogP contribution in [0.15, 0.2) is 48.5 Å². The third kappa shape index (κ3) is 5.42. The maximum Gasteiger partial charge on any atom is 0.322 e. The number of ketones is 3. The van der Waals surface area contributed by atoms with Crippen molar-refractivity contribution in [2.45, 2.75) is 76.5 Å². The normalized spacial score (nSPS) is 28.5. The number of hydrogen-bond donors (Lipinski definition) is 4. The van der Waals surface area contributed by atoms with Gasteiger partial charge in [-0.25, -0.2) is 13.1 Å². The van der Waals surface area contributed by atoms with Gasteiger partial charge in [-0.2, -0.15) is 0 Å². The lowest BCUT2D eigenvalue weighted by atomic mass is 9.70. The van der Waals surface area contributed by atoms with E-state index in [0.717, 1.165) is 30.4 Å². The Morgan fingerprint density at radius 2 is 1.67 bits per heavy atom. The molecule has 0 heterocycles. The zero-order valence-corrected chi connectivity index (χ0v) is 25.1. The first-order valence-electron chi connectivity index (χ1n) is 14.9. The molecule has 4 N–H and O–H groups in total. The third-order valence-corrected chi connectivity index (χ3v) is 11.8. The molecule has 10 nitrogen and oxygen atoms in total. The first-order chi connectivity index (χ1) is 20.3. The molecule has 4 aliphatic rings. The average Bonchev–Trinajstić information content (AvgIpc) is 3.73. The van der Waals surface area contributed by atoms with Gasteiger partial charge in [-0.1, -0.05) is 50.2 Å². The predicted molar refractivity (Wildman–Crippen MR) is 160 cm³/mol. The Morgan fingerprint density at radius 3 is 2.28 bits per heavy atom. The molecule has 2 aromatic carbocycles. The monoisotopic (exact) mass is 607 g/mol. The SMILES string of the molecule is CC1(C)[C@H]2CCC1(CS(=O)(=O)N[C@@H](Cc1ccc(-c3cccc(NC4C(=O)C(=O)C4NC4CC4)c3)cc1)C(=O)O)C(=O)C2. The highest BCUT2D eigenvalue weighted by molar-refractivity contribution is 7.89. The maximum atomic E-state index is 13.2. The standard InChI is InChI=1S/C32H37N3O7S/c1-31(2)21-12-13-32(31,25(36)16-21)17-43(41,42)35-24(30(39)40)14-18-6-8-19(9-7-18)20-4-3-5-23(15-20)34-27-26(28(37)29(27)38)33-22-10-11-22/h3-9,15,21-22,24,26-27,33-35H,10-14,16-17H2,1-2H3,(H,39,40)/t21-,24-,26?,27?,32?/m0/s1. The quantitative estimate of drug-likeness (QED) is 0.266. The van der Waals surface area contributed by atoms with Crippen LogP contribution in [0, 0.1) is 16.7 Å². The number of carbonyl (C=O) groups excluding carboxylic acids is 3. The molecule has 2 bridgehead atoms. The minimum atomic E-state index is -4.06. The zero-order chi connectivity index (χ0) is 30.7. The number of rotatable bonds is 12. The molecular weight excluding hydrogens is 570 g/mol. The zero-order valence-electron chi connectivity index (χ0n) is 24.3. The minimum Gasteiger partial charge on any atom is -0.480 e.